The average Bonchev–Trinajstić information content (AvgIpc) is 3.11. The van der Waals surface area contributed by atoms with E-state index in [1.807, 2.05) is 6.92 Å². The van der Waals surface area contributed by atoms with Gasteiger partial charge in [0.1, 0.15) is 11.5 Å². The lowest BCUT2D eigenvalue weighted by Crippen LogP contribution is -2.35. The van der Waals surface area contributed by atoms with Crippen LogP contribution in [-0.2, 0) is 5.41 Å². The number of hydrogen-bond donors (Lipinski definition) is 1. The van der Waals surface area contributed by atoms with Crippen LogP contribution in [0, 0.1) is 6.92 Å². The minimum atomic E-state index is 0.00959. The molecule has 0 unspecified atom stereocenters. The van der Waals surface area contributed by atoms with Crippen LogP contribution in [0.15, 0.2) is 77.2 Å². The van der Waals surface area contributed by atoms with Crippen molar-refractivity contribution in [3.63, 3.8) is 0 Å². The second-order valence-electron chi connectivity index (χ2n) is 8.18. The van der Waals surface area contributed by atoms with Gasteiger partial charge in [-0.3, -0.25) is 0 Å². The van der Waals surface area contributed by atoms with Gasteiger partial charge in [0.15, 0.2) is 0 Å². The summed E-state index contributed by atoms with van der Waals surface area (Å²) >= 11 is 0. The van der Waals surface area contributed by atoms with Gasteiger partial charge in [-0.2, -0.15) is 0 Å². The highest BCUT2D eigenvalue weighted by molar-refractivity contribution is 5.32. The molecule has 2 heteroatoms. The lowest BCUT2D eigenvalue weighted by molar-refractivity contribution is 0.319. The molecule has 3 rings (SSSR count). The van der Waals surface area contributed by atoms with Crippen molar-refractivity contribution in [2.75, 3.05) is 6.54 Å². The maximum atomic E-state index is 5.89. The van der Waals surface area contributed by atoms with Crippen molar-refractivity contribution in [3.05, 3.63) is 95.4 Å². The molecule has 2 aromatic carbocycles. The Morgan fingerprint density at radius 1 is 0.852 bits per heavy atom. The molecule has 0 spiro atoms. The Kier molecular flexibility index (Phi) is 6.18. The number of furan rings is 1. The minimum Gasteiger partial charge on any atom is -0.466 e. The van der Waals surface area contributed by atoms with Crippen molar-refractivity contribution in [1.29, 1.82) is 0 Å². The standard InChI is InChI=1S/C25H31NO/c1-19(17-25(3,4)24-16-15-20(2)27-24)26-18-23(21-11-7-5-8-12-21)22-13-9-6-10-14-22/h5-16,19,23,26H,17-18H2,1-4H3/t19-/m1/s1. The molecule has 0 aliphatic carbocycles. The fourth-order valence-electron chi connectivity index (χ4n) is 3.85. The molecule has 0 fully saturated rings. The van der Waals surface area contributed by atoms with Crippen LogP contribution in [0.2, 0.25) is 0 Å². The van der Waals surface area contributed by atoms with Gasteiger partial charge < -0.3 is 9.73 Å². The molecule has 0 saturated carbocycles. The van der Waals surface area contributed by atoms with Crippen LogP contribution in [-0.4, -0.2) is 12.6 Å². The van der Waals surface area contributed by atoms with Crippen LogP contribution in [0.4, 0.5) is 0 Å². The van der Waals surface area contributed by atoms with Crippen molar-refractivity contribution in [2.45, 2.75) is 51.5 Å². The fourth-order valence-corrected chi connectivity index (χ4v) is 3.85. The first-order chi connectivity index (χ1) is 13.0. The maximum Gasteiger partial charge on any atom is 0.109 e. The zero-order valence-electron chi connectivity index (χ0n) is 16.9. The molecule has 142 valence electrons. The molecular formula is C25H31NO. The molecule has 0 bridgehead atoms. The van der Waals surface area contributed by atoms with E-state index in [-0.39, 0.29) is 5.41 Å². The first-order valence-corrected chi connectivity index (χ1v) is 9.86. The van der Waals surface area contributed by atoms with E-state index >= 15 is 0 Å². The highest BCUT2D eigenvalue weighted by Gasteiger charge is 2.27. The van der Waals surface area contributed by atoms with Gasteiger partial charge in [0, 0.05) is 23.9 Å². The number of benzene rings is 2. The van der Waals surface area contributed by atoms with Crippen molar-refractivity contribution in [3.8, 4) is 0 Å². The van der Waals surface area contributed by atoms with E-state index in [4.69, 9.17) is 4.42 Å². The molecule has 1 N–H and O–H groups in total. The van der Waals surface area contributed by atoms with Crippen molar-refractivity contribution in [1.82, 2.24) is 5.32 Å². The summed E-state index contributed by atoms with van der Waals surface area (Å²) in [6, 6.07) is 26.1. The second kappa shape index (κ2) is 8.58. The SMILES string of the molecule is Cc1ccc(C(C)(C)C[C@@H](C)NCC(c2ccccc2)c2ccccc2)o1. The van der Waals surface area contributed by atoms with Gasteiger partial charge in [-0.1, -0.05) is 74.5 Å². The molecular weight excluding hydrogens is 330 g/mol. The van der Waals surface area contributed by atoms with E-state index in [2.05, 4.69) is 98.9 Å². The first kappa shape index (κ1) is 19.4. The number of rotatable bonds is 8. The van der Waals surface area contributed by atoms with Gasteiger partial charge in [-0.15, -0.1) is 0 Å². The first-order valence-electron chi connectivity index (χ1n) is 9.86. The van der Waals surface area contributed by atoms with Gasteiger partial charge in [0.2, 0.25) is 0 Å². The summed E-state index contributed by atoms with van der Waals surface area (Å²) < 4.78 is 5.89. The Labute approximate surface area is 163 Å². The maximum absolute atomic E-state index is 5.89. The molecule has 0 aliphatic heterocycles. The monoisotopic (exact) mass is 361 g/mol. The molecule has 1 heterocycles. The fraction of sp³-hybridized carbons (Fsp3) is 0.360. The predicted octanol–water partition coefficient (Wildman–Crippen LogP) is 6.07. The molecule has 0 radical (unpaired) electrons. The summed E-state index contributed by atoms with van der Waals surface area (Å²) in [6.07, 6.45) is 1.02. The van der Waals surface area contributed by atoms with Crippen molar-refractivity contribution in [2.24, 2.45) is 0 Å². The van der Waals surface area contributed by atoms with E-state index < -0.39 is 0 Å². The van der Waals surface area contributed by atoms with E-state index in [0.717, 1.165) is 24.5 Å². The third-order valence-electron chi connectivity index (χ3n) is 5.30. The minimum absolute atomic E-state index is 0.00959. The molecule has 3 aromatic rings. The molecule has 1 atom stereocenters. The summed E-state index contributed by atoms with van der Waals surface area (Å²) in [6.45, 7) is 9.71. The summed E-state index contributed by atoms with van der Waals surface area (Å²) in [4.78, 5) is 0. The molecule has 0 amide bonds. The summed E-state index contributed by atoms with van der Waals surface area (Å²) in [5, 5.41) is 3.77. The quantitative estimate of drug-likeness (QED) is 0.527. The van der Waals surface area contributed by atoms with E-state index in [9.17, 15) is 0 Å². The van der Waals surface area contributed by atoms with Gasteiger partial charge in [0.25, 0.3) is 0 Å². The van der Waals surface area contributed by atoms with Gasteiger partial charge >= 0.3 is 0 Å². The van der Waals surface area contributed by atoms with Gasteiger partial charge in [-0.05, 0) is 43.5 Å². The third kappa shape index (κ3) is 5.11. The van der Waals surface area contributed by atoms with E-state index in [0.29, 0.717) is 12.0 Å². The third-order valence-corrected chi connectivity index (χ3v) is 5.30. The lowest BCUT2D eigenvalue weighted by atomic mass is 9.83. The average molecular weight is 362 g/mol. The Morgan fingerprint density at radius 2 is 1.41 bits per heavy atom. The summed E-state index contributed by atoms with van der Waals surface area (Å²) in [5.41, 5.74) is 2.71. The van der Waals surface area contributed by atoms with E-state index in [1.165, 1.54) is 11.1 Å². The van der Waals surface area contributed by atoms with Crippen molar-refractivity contribution >= 4 is 0 Å². The molecule has 1 aromatic heterocycles. The predicted molar refractivity (Wildman–Crippen MR) is 113 cm³/mol. The molecule has 27 heavy (non-hydrogen) atoms. The number of nitrogens with one attached hydrogen (secondary N) is 1. The number of aryl methyl sites for hydroxylation is 1. The van der Waals surface area contributed by atoms with Crippen LogP contribution in [0.25, 0.3) is 0 Å². The zero-order valence-corrected chi connectivity index (χ0v) is 16.9. The Balaban J connectivity index is 1.68. The molecule has 2 nitrogen and oxygen atoms in total. The normalized spacial score (nSPS) is 13.1. The van der Waals surface area contributed by atoms with Crippen LogP contribution < -0.4 is 5.32 Å². The van der Waals surface area contributed by atoms with Gasteiger partial charge in [0.05, 0.1) is 0 Å². The van der Waals surface area contributed by atoms with Crippen LogP contribution in [0.1, 0.15) is 55.8 Å². The summed E-state index contributed by atoms with van der Waals surface area (Å²) in [5.74, 6) is 2.40. The highest BCUT2D eigenvalue weighted by Crippen LogP contribution is 2.30. The zero-order chi connectivity index (χ0) is 19.3. The Morgan fingerprint density at radius 3 is 1.89 bits per heavy atom. The molecule has 0 saturated heterocycles. The van der Waals surface area contributed by atoms with Crippen LogP contribution in [0.5, 0.6) is 0 Å². The van der Waals surface area contributed by atoms with Crippen LogP contribution in [0.3, 0.4) is 0 Å². The highest BCUT2D eigenvalue weighted by atomic mass is 16.3. The largest absolute Gasteiger partial charge is 0.466 e. The van der Waals surface area contributed by atoms with E-state index in [1.54, 1.807) is 0 Å². The van der Waals surface area contributed by atoms with Gasteiger partial charge in [-0.25, -0.2) is 0 Å². The van der Waals surface area contributed by atoms with Crippen molar-refractivity contribution < 1.29 is 4.42 Å². The molecule has 0 aliphatic rings. The smallest absolute Gasteiger partial charge is 0.109 e. The Bertz CT molecular complexity index is 780. The lowest BCUT2D eigenvalue weighted by Gasteiger charge is -2.28. The van der Waals surface area contributed by atoms with Crippen LogP contribution >= 0.6 is 0 Å². The summed E-state index contributed by atoms with van der Waals surface area (Å²) in [7, 11) is 0. The number of hydrogen-bond acceptors (Lipinski definition) is 2. The Hall–Kier alpha value is -2.32. The second-order valence-corrected chi connectivity index (χ2v) is 8.18. The topological polar surface area (TPSA) is 25.2 Å².